The zero-order valence-electron chi connectivity index (χ0n) is 15.3. The molecule has 0 heterocycles. The van der Waals surface area contributed by atoms with Gasteiger partial charge in [-0.1, -0.05) is 63.5 Å². The van der Waals surface area contributed by atoms with Gasteiger partial charge >= 0.3 is 0 Å². The first-order valence-electron chi connectivity index (χ1n) is 9.48. The number of allylic oxidation sites excluding steroid dienone is 2. The summed E-state index contributed by atoms with van der Waals surface area (Å²) in [4.78, 5) is 0. The quantitative estimate of drug-likeness (QED) is 0.304. The smallest absolute Gasteiger partial charge is 0.0542 e. The second-order valence-corrected chi connectivity index (χ2v) is 7.19. The molecule has 0 aliphatic rings. The fourth-order valence-electron chi connectivity index (χ4n) is 2.91. The van der Waals surface area contributed by atoms with Crippen LogP contribution in [0.3, 0.4) is 0 Å². The molecule has 2 unspecified atom stereocenters. The third-order valence-electron chi connectivity index (χ3n) is 4.33. The summed E-state index contributed by atoms with van der Waals surface area (Å²) in [7, 11) is 0. The van der Waals surface area contributed by atoms with Gasteiger partial charge in [0.2, 0.25) is 0 Å². The average molecular weight is 313 g/mol. The lowest BCUT2D eigenvalue weighted by Crippen LogP contribution is -2.11. The fourth-order valence-corrected chi connectivity index (χ4v) is 2.91. The molecule has 0 aromatic rings. The highest BCUT2D eigenvalue weighted by atomic mass is 16.3. The molecular formula is C20H40O2. The first-order chi connectivity index (χ1) is 10.6. The predicted octanol–water partition coefficient (Wildman–Crippen LogP) is 5.62. The summed E-state index contributed by atoms with van der Waals surface area (Å²) >= 11 is 0. The minimum absolute atomic E-state index is 0.105. The molecule has 0 aromatic heterocycles. The van der Waals surface area contributed by atoms with Crippen LogP contribution >= 0.6 is 0 Å². The molecule has 132 valence electrons. The van der Waals surface area contributed by atoms with Crippen LogP contribution < -0.4 is 0 Å². The van der Waals surface area contributed by atoms with Gasteiger partial charge in [0.05, 0.1) is 6.10 Å². The normalized spacial score (nSPS) is 13.9. The van der Waals surface area contributed by atoms with E-state index in [2.05, 4.69) is 26.8 Å². The maximum Gasteiger partial charge on any atom is 0.0542 e. The van der Waals surface area contributed by atoms with Crippen molar-refractivity contribution < 1.29 is 10.2 Å². The monoisotopic (exact) mass is 312 g/mol. The van der Waals surface area contributed by atoms with Gasteiger partial charge in [-0.05, 0) is 51.9 Å². The predicted molar refractivity (Wildman–Crippen MR) is 97.1 cm³/mol. The molecule has 0 saturated carbocycles. The van der Waals surface area contributed by atoms with Gasteiger partial charge in [0.1, 0.15) is 0 Å². The van der Waals surface area contributed by atoms with Crippen LogP contribution in [0.1, 0.15) is 97.8 Å². The van der Waals surface area contributed by atoms with Crippen LogP contribution in [0.15, 0.2) is 11.6 Å². The second kappa shape index (κ2) is 15.6. The standard InChI is InChI=1S/C20H40O2/c1-18(2)13-12-14-19(3)17-20(22)15-10-8-6-4-5-7-9-11-16-21/h13,19-22H,4-12,14-17H2,1-3H3. The Hall–Kier alpha value is -0.340. The molecular weight excluding hydrogens is 272 g/mol. The van der Waals surface area contributed by atoms with E-state index in [0.29, 0.717) is 12.5 Å². The number of hydrogen-bond donors (Lipinski definition) is 2. The highest BCUT2D eigenvalue weighted by Crippen LogP contribution is 2.18. The average Bonchev–Trinajstić information content (AvgIpc) is 2.45. The Kier molecular flexibility index (Phi) is 15.3. The lowest BCUT2D eigenvalue weighted by molar-refractivity contribution is 0.131. The van der Waals surface area contributed by atoms with E-state index in [1.165, 1.54) is 56.9 Å². The number of unbranched alkanes of at least 4 members (excludes halogenated alkanes) is 7. The van der Waals surface area contributed by atoms with E-state index < -0.39 is 0 Å². The van der Waals surface area contributed by atoms with Crippen molar-refractivity contribution >= 4 is 0 Å². The molecule has 2 N–H and O–H groups in total. The Morgan fingerprint density at radius 2 is 1.41 bits per heavy atom. The van der Waals surface area contributed by atoms with Crippen LogP contribution in [0.25, 0.3) is 0 Å². The summed E-state index contributed by atoms with van der Waals surface area (Å²) in [6, 6.07) is 0. The third kappa shape index (κ3) is 16.0. The van der Waals surface area contributed by atoms with Gasteiger partial charge in [-0.3, -0.25) is 0 Å². The minimum atomic E-state index is -0.105. The third-order valence-corrected chi connectivity index (χ3v) is 4.33. The van der Waals surface area contributed by atoms with Gasteiger partial charge in [-0.25, -0.2) is 0 Å². The number of aliphatic hydroxyl groups excluding tert-OH is 2. The summed E-state index contributed by atoms with van der Waals surface area (Å²) in [5.41, 5.74) is 1.39. The molecule has 0 fully saturated rings. The van der Waals surface area contributed by atoms with Crippen molar-refractivity contribution in [1.82, 2.24) is 0 Å². The second-order valence-electron chi connectivity index (χ2n) is 7.19. The van der Waals surface area contributed by atoms with Crippen molar-refractivity contribution in [3.63, 3.8) is 0 Å². The highest BCUT2D eigenvalue weighted by molar-refractivity contribution is 4.92. The zero-order valence-corrected chi connectivity index (χ0v) is 15.3. The highest BCUT2D eigenvalue weighted by Gasteiger charge is 2.09. The molecule has 0 aromatic carbocycles. The largest absolute Gasteiger partial charge is 0.396 e. The zero-order chi connectivity index (χ0) is 16.6. The lowest BCUT2D eigenvalue weighted by atomic mass is 9.95. The van der Waals surface area contributed by atoms with Gasteiger partial charge in [0, 0.05) is 6.61 Å². The van der Waals surface area contributed by atoms with E-state index >= 15 is 0 Å². The summed E-state index contributed by atoms with van der Waals surface area (Å²) in [6.45, 7) is 6.89. The Morgan fingerprint density at radius 1 is 0.864 bits per heavy atom. The van der Waals surface area contributed by atoms with E-state index in [-0.39, 0.29) is 6.10 Å². The Bertz CT molecular complexity index is 256. The topological polar surface area (TPSA) is 40.5 Å². The Morgan fingerprint density at radius 3 is 1.95 bits per heavy atom. The van der Waals surface area contributed by atoms with Crippen LogP contribution in [0.2, 0.25) is 0 Å². The van der Waals surface area contributed by atoms with Gasteiger partial charge in [-0.2, -0.15) is 0 Å². The van der Waals surface area contributed by atoms with Crippen LogP contribution in [-0.2, 0) is 0 Å². The van der Waals surface area contributed by atoms with Gasteiger partial charge in [-0.15, -0.1) is 0 Å². The van der Waals surface area contributed by atoms with Crippen molar-refractivity contribution in [2.24, 2.45) is 5.92 Å². The lowest BCUT2D eigenvalue weighted by Gasteiger charge is -2.15. The number of hydrogen-bond acceptors (Lipinski definition) is 2. The molecule has 0 spiro atoms. The van der Waals surface area contributed by atoms with Crippen molar-refractivity contribution in [3.8, 4) is 0 Å². The van der Waals surface area contributed by atoms with Gasteiger partial charge in [0.15, 0.2) is 0 Å². The van der Waals surface area contributed by atoms with Crippen LogP contribution in [-0.4, -0.2) is 22.9 Å². The SMILES string of the molecule is CC(C)=CCCC(C)CC(O)CCCCCCCCCCO. The van der Waals surface area contributed by atoms with Gasteiger partial charge < -0.3 is 10.2 Å². The first-order valence-corrected chi connectivity index (χ1v) is 9.48. The minimum Gasteiger partial charge on any atom is -0.396 e. The molecule has 22 heavy (non-hydrogen) atoms. The summed E-state index contributed by atoms with van der Waals surface area (Å²) in [6.07, 6.45) is 16.1. The molecule has 2 heteroatoms. The maximum atomic E-state index is 10.1. The number of aliphatic hydroxyl groups is 2. The van der Waals surface area contributed by atoms with Crippen molar-refractivity contribution in [2.45, 2.75) is 104 Å². The molecule has 2 atom stereocenters. The molecule has 0 rings (SSSR count). The van der Waals surface area contributed by atoms with E-state index in [0.717, 1.165) is 25.7 Å². The van der Waals surface area contributed by atoms with Crippen molar-refractivity contribution in [1.29, 1.82) is 0 Å². The van der Waals surface area contributed by atoms with Crippen molar-refractivity contribution in [3.05, 3.63) is 11.6 Å². The molecule has 0 aliphatic carbocycles. The van der Waals surface area contributed by atoms with Crippen LogP contribution in [0.4, 0.5) is 0 Å². The molecule has 0 saturated heterocycles. The summed E-state index contributed by atoms with van der Waals surface area (Å²) < 4.78 is 0. The van der Waals surface area contributed by atoms with E-state index in [1.54, 1.807) is 0 Å². The van der Waals surface area contributed by atoms with Crippen LogP contribution in [0.5, 0.6) is 0 Å². The summed E-state index contributed by atoms with van der Waals surface area (Å²) in [5, 5.41) is 18.8. The Labute approximate surface area is 139 Å². The molecule has 0 bridgehead atoms. The molecule has 0 amide bonds. The van der Waals surface area contributed by atoms with E-state index in [4.69, 9.17) is 5.11 Å². The van der Waals surface area contributed by atoms with Crippen LogP contribution in [0, 0.1) is 5.92 Å². The molecule has 0 radical (unpaired) electrons. The Balaban J connectivity index is 3.38. The molecule has 2 nitrogen and oxygen atoms in total. The maximum absolute atomic E-state index is 10.1. The fraction of sp³-hybridized carbons (Fsp3) is 0.900. The molecule has 0 aliphatic heterocycles. The van der Waals surface area contributed by atoms with Gasteiger partial charge in [0.25, 0.3) is 0 Å². The van der Waals surface area contributed by atoms with E-state index in [9.17, 15) is 5.11 Å². The van der Waals surface area contributed by atoms with Crippen molar-refractivity contribution in [2.75, 3.05) is 6.61 Å². The number of rotatable bonds is 15. The van der Waals surface area contributed by atoms with E-state index in [1.807, 2.05) is 0 Å². The first kappa shape index (κ1) is 21.7. The summed E-state index contributed by atoms with van der Waals surface area (Å²) in [5.74, 6) is 0.622.